The molecule has 4 aliphatic carbocycles. The minimum Gasteiger partial charge on any atom is -0.396 e. The van der Waals surface area contributed by atoms with Gasteiger partial charge in [0.1, 0.15) is 0 Å². The Morgan fingerprint density at radius 2 is 1.74 bits per heavy atom. The molecule has 0 aromatic carbocycles. The summed E-state index contributed by atoms with van der Waals surface area (Å²) in [6.07, 6.45) is 9.40. The van der Waals surface area contributed by atoms with Crippen LogP contribution in [-0.4, -0.2) is 39.4 Å². The predicted octanol–water partition coefficient (Wildman–Crippen LogP) is 5.38. The van der Waals surface area contributed by atoms with Crippen LogP contribution in [0.2, 0.25) is 0 Å². The van der Waals surface area contributed by atoms with Gasteiger partial charge in [0.05, 0.1) is 18.3 Å². The first-order valence-corrected chi connectivity index (χ1v) is 13.3. The molecule has 4 aliphatic rings. The Bertz CT molecular complexity index is 928. The van der Waals surface area contributed by atoms with Crippen LogP contribution in [0.3, 0.4) is 0 Å². The average Bonchev–Trinajstić information content (AvgIpc) is 3.21. The fraction of sp³-hybridized carbons (Fsp3) is 0.767. The van der Waals surface area contributed by atoms with Gasteiger partial charge < -0.3 is 15.3 Å². The lowest BCUT2D eigenvalue weighted by atomic mass is 9.43. The molecule has 9 atom stereocenters. The number of rotatable bonds is 4. The standard InChI is InChI=1S/C30H46O4/c1-18(2)20-10-15-30(7,34)21(20)9-8-19(3)26-22(32)16-24-27(4)14-12-25(33)29(6,17-31)23(27)11-13-28(24,26)5/h8-9,20-21,23-25,31,33-34H,1,10-17H2,2-7H3/b9-8+,26-19+/t20-,21-,23+,24-,25-,27-,28-,29+,30-/m0/s1. The molecule has 190 valence electrons. The van der Waals surface area contributed by atoms with Crippen molar-refractivity contribution in [1.29, 1.82) is 0 Å². The fourth-order valence-electron chi connectivity index (χ4n) is 9.06. The Kier molecular flexibility index (Phi) is 6.40. The Labute approximate surface area is 206 Å². The third-order valence-corrected chi connectivity index (χ3v) is 11.1. The van der Waals surface area contributed by atoms with Crippen LogP contribution < -0.4 is 0 Å². The minimum atomic E-state index is -0.750. The molecule has 4 fully saturated rings. The van der Waals surface area contributed by atoms with Gasteiger partial charge in [-0.2, -0.15) is 0 Å². The molecule has 4 heteroatoms. The second-order valence-electron chi connectivity index (χ2n) is 13.2. The van der Waals surface area contributed by atoms with Crippen molar-refractivity contribution in [2.24, 2.45) is 39.9 Å². The summed E-state index contributed by atoms with van der Waals surface area (Å²) in [6.45, 7) is 16.8. The average molecular weight is 471 g/mol. The number of hydrogen-bond donors (Lipinski definition) is 3. The van der Waals surface area contributed by atoms with Crippen LogP contribution in [0.5, 0.6) is 0 Å². The van der Waals surface area contributed by atoms with Gasteiger partial charge in [-0.15, -0.1) is 0 Å². The summed E-state index contributed by atoms with van der Waals surface area (Å²) >= 11 is 0. The first-order valence-electron chi connectivity index (χ1n) is 13.3. The fourth-order valence-corrected chi connectivity index (χ4v) is 9.06. The molecule has 4 nitrogen and oxygen atoms in total. The predicted molar refractivity (Wildman–Crippen MR) is 136 cm³/mol. The SMILES string of the molecule is C=C(C)[C@@H]1CC[C@](C)(O)[C@H]1/C=C/C(C)=C1\C(=O)C[C@H]2[C@@]3(C)CC[C@H](O)[C@](C)(CO)[C@@H]3CC[C@]12C. The molecular formula is C30H46O4. The van der Waals surface area contributed by atoms with E-state index in [1.54, 1.807) is 0 Å². The maximum absolute atomic E-state index is 13.5. The number of allylic oxidation sites excluding steroid dienone is 4. The monoisotopic (exact) mass is 470 g/mol. The second kappa shape index (κ2) is 8.42. The summed E-state index contributed by atoms with van der Waals surface area (Å²) in [6, 6.07) is 0. The number of hydrogen-bond acceptors (Lipinski definition) is 4. The number of ketones is 1. The summed E-state index contributed by atoms with van der Waals surface area (Å²) in [5.41, 5.74) is 1.58. The second-order valence-corrected chi connectivity index (χ2v) is 13.2. The van der Waals surface area contributed by atoms with Gasteiger partial charge in [0.2, 0.25) is 0 Å². The van der Waals surface area contributed by atoms with E-state index in [0.29, 0.717) is 12.8 Å². The first kappa shape index (κ1) is 25.9. The maximum atomic E-state index is 13.5. The van der Waals surface area contributed by atoms with E-state index in [-0.39, 0.29) is 46.9 Å². The minimum absolute atomic E-state index is 0.0124. The molecule has 0 aromatic rings. The van der Waals surface area contributed by atoms with Crippen LogP contribution in [0, 0.1) is 39.9 Å². The molecule has 4 saturated carbocycles. The van der Waals surface area contributed by atoms with Crippen molar-refractivity contribution in [3.8, 4) is 0 Å². The summed E-state index contributed by atoms with van der Waals surface area (Å²) in [7, 11) is 0. The van der Waals surface area contributed by atoms with Gasteiger partial charge in [-0.25, -0.2) is 0 Å². The van der Waals surface area contributed by atoms with Crippen molar-refractivity contribution in [2.45, 2.75) is 98.2 Å². The number of carbonyl (C=O) groups is 1. The van der Waals surface area contributed by atoms with Gasteiger partial charge in [-0.05, 0) is 88.0 Å². The summed E-state index contributed by atoms with van der Waals surface area (Å²) in [4.78, 5) is 13.5. The molecule has 4 rings (SSSR count). The van der Waals surface area contributed by atoms with E-state index in [1.807, 2.05) is 20.8 Å². The molecule has 0 radical (unpaired) electrons. The number of aliphatic hydroxyl groups excluding tert-OH is 2. The lowest BCUT2D eigenvalue weighted by Crippen LogP contribution is -2.59. The number of Topliss-reactive ketones (excluding diaryl/α,β-unsaturated/α-hetero) is 1. The van der Waals surface area contributed by atoms with Gasteiger partial charge >= 0.3 is 0 Å². The smallest absolute Gasteiger partial charge is 0.160 e. The van der Waals surface area contributed by atoms with E-state index in [0.717, 1.165) is 48.8 Å². The van der Waals surface area contributed by atoms with Crippen LogP contribution in [0.15, 0.2) is 35.5 Å². The molecule has 0 heterocycles. The van der Waals surface area contributed by atoms with Crippen molar-refractivity contribution < 1.29 is 20.1 Å². The molecule has 34 heavy (non-hydrogen) atoms. The molecule has 0 spiro atoms. The maximum Gasteiger partial charge on any atom is 0.160 e. The van der Waals surface area contributed by atoms with Crippen LogP contribution in [0.1, 0.15) is 86.5 Å². The molecule has 0 saturated heterocycles. The lowest BCUT2D eigenvalue weighted by Gasteiger charge is -2.62. The van der Waals surface area contributed by atoms with E-state index in [2.05, 4.69) is 39.5 Å². The quantitative estimate of drug-likeness (QED) is 0.381. The Morgan fingerprint density at radius 3 is 2.35 bits per heavy atom. The molecule has 0 aromatic heterocycles. The largest absolute Gasteiger partial charge is 0.396 e. The van der Waals surface area contributed by atoms with Gasteiger partial charge in [-0.1, -0.05) is 45.1 Å². The summed E-state index contributed by atoms with van der Waals surface area (Å²) in [5, 5.41) is 32.0. The first-order chi connectivity index (χ1) is 15.7. The van der Waals surface area contributed by atoms with E-state index in [4.69, 9.17) is 0 Å². The van der Waals surface area contributed by atoms with Crippen molar-refractivity contribution in [3.05, 3.63) is 35.5 Å². The topological polar surface area (TPSA) is 77.8 Å². The molecule has 3 N–H and O–H groups in total. The molecule has 0 bridgehead atoms. The number of aliphatic hydroxyl groups is 3. The highest BCUT2D eigenvalue weighted by Crippen LogP contribution is 2.69. The molecular weight excluding hydrogens is 424 g/mol. The van der Waals surface area contributed by atoms with Crippen LogP contribution in [0.25, 0.3) is 0 Å². The molecule has 0 unspecified atom stereocenters. The highest BCUT2D eigenvalue weighted by Gasteiger charge is 2.65. The Morgan fingerprint density at radius 1 is 1.06 bits per heavy atom. The zero-order valence-electron chi connectivity index (χ0n) is 22.2. The molecule has 0 amide bonds. The third kappa shape index (κ3) is 3.62. The Hall–Kier alpha value is -1.23. The zero-order chi connectivity index (χ0) is 25.3. The highest BCUT2D eigenvalue weighted by molar-refractivity contribution is 6.00. The van der Waals surface area contributed by atoms with Gasteiger partial charge in [0, 0.05) is 28.7 Å². The van der Waals surface area contributed by atoms with Gasteiger partial charge in [0.15, 0.2) is 5.78 Å². The highest BCUT2D eigenvalue weighted by atomic mass is 16.3. The number of carbonyl (C=O) groups excluding carboxylic acids is 1. The van der Waals surface area contributed by atoms with Gasteiger partial charge in [-0.3, -0.25) is 4.79 Å². The lowest BCUT2D eigenvalue weighted by molar-refractivity contribution is -0.178. The van der Waals surface area contributed by atoms with Gasteiger partial charge in [0.25, 0.3) is 0 Å². The van der Waals surface area contributed by atoms with Crippen molar-refractivity contribution >= 4 is 5.78 Å². The summed E-state index contributed by atoms with van der Waals surface area (Å²) in [5.74, 6) is 0.966. The normalized spacial score (nSPS) is 50.4. The van der Waals surface area contributed by atoms with E-state index in [1.165, 1.54) is 0 Å². The van der Waals surface area contributed by atoms with Crippen molar-refractivity contribution in [2.75, 3.05) is 6.61 Å². The van der Waals surface area contributed by atoms with Crippen molar-refractivity contribution in [1.82, 2.24) is 0 Å². The Balaban J connectivity index is 1.69. The zero-order valence-corrected chi connectivity index (χ0v) is 22.2. The third-order valence-electron chi connectivity index (χ3n) is 11.1. The van der Waals surface area contributed by atoms with Crippen molar-refractivity contribution in [3.63, 3.8) is 0 Å². The summed E-state index contributed by atoms with van der Waals surface area (Å²) < 4.78 is 0. The van der Waals surface area contributed by atoms with Crippen LogP contribution in [-0.2, 0) is 4.79 Å². The number of fused-ring (bicyclic) bond motifs is 3. The molecule has 0 aliphatic heterocycles. The van der Waals surface area contributed by atoms with E-state index < -0.39 is 17.1 Å². The van der Waals surface area contributed by atoms with E-state index >= 15 is 0 Å². The van der Waals surface area contributed by atoms with Crippen LogP contribution in [0.4, 0.5) is 0 Å². The van der Waals surface area contributed by atoms with E-state index in [9.17, 15) is 20.1 Å². The van der Waals surface area contributed by atoms with Crippen LogP contribution >= 0.6 is 0 Å².